The fourth-order valence-electron chi connectivity index (χ4n) is 1.16. The molecule has 0 bridgehead atoms. The number of aromatic carboxylic acids is 1. The van der Waals surface area contributed by atoms with Gasteiger partial charge in [-0.25, -0.2) is 4.79 Å². The summed E-state index contributed by atoms with van der Waals surface area (Å²) in [5, 5.41) is 20.0. The molecule has 1 heterocycles. The van der Waals surface area contributed by atoms with E-state index in [0.29, 0.717) is 13.2 Å². The van der Waals surface area contributed by atoms with Crippen LogP contribution in [0.15, 0.2) is 11.4 Å². The molecule has 18 heavy (non-hydrogen) atoms. The molecule has 1 rings (SSSR count). The maximum absolute atomic E-state index is 10.8. The van der Waals surface area contributed by atoms with E-state index in [1.54, 1.807) is 18.6 Å². The average molecular weight is 276 g/mol. The summed E-state index contributed by atoms with van der Waals surface area (Å²) in [5.74, 6) is -0.769. The van der Waals surface area contributed by atoms with Crippen molar-refractivity contribution in [3.8, 4) is 5.75 Å². The molecule has 0 spiro atoms. The van der Waals surface area contributed by atoms with Crippen LogP contribution < -0.4 is 4.74 Å². The Morgan fingerprint density at radius 1 is 1.44 bits per heavy atom. The van der Waals surface area contributed by atoms with Crippen molar-refractivity contribution >= 4 is 17.3 Å². The van der Waals surface area contributed by atoms with Gasteiger partial charge in [0, 0.05) is 7.11 Å². The minimum Gasteiger partial charge on any atom is -0.489 e. The smallest absolute Gasteiger partial charge is 0.349 e. The van der Waals surface area contributed by atoms with Crippen LogP contribution in [0.4, 0.5) is 0 Å². The van der Waals surface area contributed by atoms with Crippen LogP contribution in [-0.2, 0) is 9.47 Å². The fourth-order valence-corrected chi connectivity index (χ4v) is 1.83. The quantitative estimate of drug-likeness (QED) is 0.650. The molecule has 1 aromatic heterocycles. The lowest BCUT2D eigenvalue weighted by Crippen LogP contribution is -2.24. The van der Waals surface area contributed by atoms with E-state index in [0.717, 1.165) is 11.3 Å². The molecule has 7 heteroatoms. The van der Waals surface area contributed by atoms with Crippen molar-refractivity contribution in [2.24, 2.45) is 0 Å². The van der Waals surface area contributed by atoms with Gasteiger partial charge in [0.25, 0.3) is 0 Å². The molecule has 0 amide bonds. The Balaban J connectivity index is 2.27. The summed E-state index contributed by atoms with van der Waals surface area (Å²) in [4.78, 5) is 10.9. The number of aliphatic hydroxyl groups is 1. The Kier molecular flexibility index (Phi) is 6.66. The van der Waals surface area contributed by atoms with E-state index >= 15 is 0 Å². The summed E-state index contributed by atoms with van der Waals surface area (Å²) in [6.07, 6.45) is -0.802. The largest absolute Gasteiger partial charge is 0.489 e. The summed E-state index contributed by atoms with van der Waals surface area (Å²) in [6.45, 7) is 0.966. The highest BCUT2D eigenvalue weighted by molar-refractivity contribution is 7.12. The topological polar surface area (TPSA) is 85.2 Å². The summed E-state index contributed by atoms with van der Waals surface area (Å²) in [5.41, 5.74) is 0. The molecular weight excluding hydrogens is 260 g/mol. The zero-order valence-electron chi connectivity index (χ0n) is 10.00. The highest BCUT2D eigenvalue weighted by Gasteiger charge is 2.14. The average Bonchev–Trinajstić information content (AvgIpc) is 2.80. The SMILES string of the molecule is COCCOCC(O)COc1ccsc1C(=O)O. The first-order chi connectivity index (χ1) is 8.65. The molecule has 2 N–H and O–H groups in total. The number of aliphatic hydroxyl groups excluding tert-OH is 1. The van der Waals surface area contributed by atoms with Crippen molar-refractivity contribution in [1.82, 2.24) is 0 Å². The van der Waals surface area contributed by atoms with Crippen molar-refractivity contribution in [2.75, 3.05) is 33.5 Å². The number of hydrogen-bond acceptors (Lipinski definition) is 6. The first-order valence-electron chi connectivity index (χ1n) is 5.33. The Morgan fingerprint density at radius 2 is 2.22 bits per heavy atom. The summed E-state index contributed by atoms with van der Waals surface area (Å²) < 4.78 is 15.1. The molecule has 1 atom stereocenters. The predicted octanol–water partition coefficient (Wildman–Crippen LogP) is 0.849. The Labute approximate surface area is 109 Å². The first-order valence-corrected chi connectivity index (χ1v) is 6.21. The van der Waals surface area contributed by atoms with E-state index < -0.39 is 12.1 Å². The summed E-state index contributed by atoms with van der Waals surface area (Å²) in [7, 11) is 1.56. The number of thiophene rings is 1. The summed E-state index contributed by atoms with van der Waals surface area (Å²) in [6, 6.07) is 1.56. The minimum absolute atomic E-state index is 0.00993. The van der Waals surface area contributed by atoms with Gasteiger partial charge in [0.2, 0.25) is 0 Å². The van der Waals surface area contributed by atoms with Gasteiger partial charge in [-0.15, -0.1) is 11.3 Å². The van der Waals surface area contributed by atoms with Gasteiger partial charge in [0.1, 0.15) is 18.5 Å². The lowest BCUT2D eigenvalue weighted by atomic mass is 10.4. The zero-order chi connectivity index (χ0) is 13.4. The van der Waals surface area contributed by atoms with Crippen LogP contribution in [0, 0.1) is 0 Å². The number of ether oxygens (including phenoxy) is 3. The number of carboxylic acids is 1. The van der Waals surface area contributed by atoms with Crippen LogP contribution in [0.3, 0.4) is 0 Å². The second-order valence-corrected chi connectivity index (χ2v) is 4.37. The van der Waals surface area contributed by atoms with Crippen LogP contribution in [0.5, 0.6) is 5.75 Å². The van der Waals surface area contributed by atoms with Crippen LogP contribution >= 0.6 is 11.3 Å². The van der Waals surface area contributed by atoms with Gasteiger partial charge in [0.15, 0.2) is 4.88 Å². The lowest BCUT2D eigenvalue weighted by molar-refractivity contribution is -0.00430. The highest BCUT2D eigenvalue weighted by Crippen LogP contribution is 2.24. The van der Waals surface area contributed by atoms with Crippen LogP contribution in [0.25, 0.3) is 0 Å². The van der Waals surface area contributed by atoms with Crippen LogP contribution in [0.2, 0.25) is 0 Å². The number of rotatable bonds is 9. The van der Waals surface area contributed by atoms with Crippen molar-refractivity contribution in [3.05, 3.63) is 16.3 Å². The van der Waals surface area contributed by atoms with Crippen molar-refractivity contribution in [1.29, 1.82) is 0 Å². The van der Waals surface area contributed by atoms with E-state index in [2.05, 4.69) is 0 Å². The van der Waals surface area contributed by atoms with Gasteiger partial charge < -0.3 is 24.4 Å². The van der Waals surface area contributed by atoms with Crippen molar-refractivity contribution < 1.29 is 29.2 Å². The molecule has 0 aromatic carbocycles. The number of hydrogen-bond donors (Lipinski definition) is 2. The molecule has 0 radical (unpaired) electrons. The maximum atomic E-state index is 10.8. The fraction of sp³-hybridized carbons (Fsp3) is 0.545. The third-order valence-corrected chi connectivity index (χ3v) is 2.88. The number of carboxylic acid groups (broad SMARTS) is 1. The molecule has 0 aliphatic heterocycles. The second-order valence-electron chi connectivity index (χ2n) is 3.45. The van der Waals surface area contributed by atoms with Gasteiger partial charge >= 0.3 is 5.97 Å². The molecule has 0 aliphatic carbocycles. The molecule has 6 nitrogen and oxygen atoms in total. The highest BCUT2D eigenvalue weighted by atomic mass is 32.1. The zero-order valence-corrected chi connectivity index (χ0v) is 10.8. The van der Waals surface area contributed by atoms with E-state index in [4.69, 9.17) is 19.3 Å². The standard InChI is InChI=1S/C11H16O6S/c1-15-3-4-16-6-8(12)7-17-9-2-5-18-10(9)11(13)14/h2,5,8,12H,3-4,6-7H2,1H3,(H,13,14). The van der Waals surface area contributed by atoms with Gasteiger partial charge in [-0.3, -0.25) is 0 Å². The van der Waals surface area contributed by atoms with E-state index in [1.807, 2.05) is 0 Å². The minimum atomic E-state index is -1.04. The molecule has 0 fully saturated rings. The molecule has 1 aromatic rings. The predicted molar refractivity (Wildman–Crippen MR) is 65.5 cm³/mol. The molecule has 0 aliphatic rings. The first kappa shape index (κ1) is 14.9. The Bertz CT molecular complexity index is 364. The Hall–Kier alpha value is -1.15. The van der Waals surface area contributed by atoms with Gasteiger partial charge in [0.05, 0.1) is 19.8 Å². The van der Waals surface area contributed by atoms with Gasteiger partial charge in [-0.1, -0.05) is 0 Å². The summed E-state index contributed by atoms with van der Waals surface area (Å²) >= 11 is 1.08. The van der Waals surface area contributed by atoms with Crippen molar-refractivity contribution in [2.45, 2.75) is 6.10 Å². The van der Waals surface area contributed by atoms with Crippen molar-refractivity contribution in [3.63, 3.8) is 0 Å². The molecule has 0 saturated heterocycles. The lowest BCUT2D eigenvalue weighted by Gasteiger charge is -2.12. The normalized spacial score (nSPS) is 12.3. The third-order valence-electron chi connectivity index (χ3n) is 2.00. The monoisotopic (exact) mass is 276 g/mol. The molecular formula is C11H16O6S. The number of methoxy groups -OCH3 is 1. The maximum Gasteiger partial charge on any atom is 0.349 e. The van der Waals surface area contributed by atoms with Crippen LogP contribution in [0.1, 0.15) is 9.67 Å². The Morgan fingerprint density at radius 3 is 2.89 bits per heavy atom. The van der Waals surface area contributed by atoms with E-state index in [9.17, 15) is 9.90 Å². The molecule has 0 saturated carbocycles. The molecule has 102 valence electrons. The van der Waals surface area contributed by atoms with E-state index in [-0.39, 0.29) is 23.8 Å². The van der Waals surface area contributed by atoms with Crippen LogP contribution in [-0.4, -0.2) is 55.8 Å². The molecule has 1 unspecified atom stereocenters. The van der Waals surface area contributed by atoms with Gasteiger partial charge in [-0.2, -0.15) is 0 Å². The van der Waals surface area contributed by atoms with Gasteiger partial charge in [-0.05, 0) is 11.4 Å². The third kappa shape index (κ3) is 5.01. The number of carbonyl (C=O) groups is 1. The second kappa shape index (κ2) is 8.04. The van der Waals surface area contributed by atoms with E-state index in [1.165, 1.54) is 0 Å².